The molecule has 7 heteroatoms. The fourth-order valence-corrected chi connectivity index (χ4v) is 3.20. The minimum Gasteiger partial charge on any atom is -0.496 e. The molecule has 0 aliphatic heterocycles. The van der Waals surface area contributed by atoms with E-state index in [-0.39, 0.29) is 12.5 Å². The molecule has 0 aliphatic carbocycles. The number of ether oxygens (including phenoxy) is 2. The summed E-state index contributed by atoms with van der Waals surface area (Å²) in [4.78, 5) is 25.4. The van der Waals surface area contributed by atoms with E-state index in [9.17, 15) is 14.9 Å². The minimum atomic E-state index is -0.843. The number of esters is 1. The number of aromatic nitrogens is 1. The second kappa shape index (κ2) is 9.14. The van der Waals surface area contributed by atoms with E-state index in [1.165, 1.54) is 7.11 Å². The van der Waals surface area contributed by atoms with Gasteiger partial charge in [0.2, 0.25) is 0 Å². The second-order valence-electron chi connectivity index (χ2n) is 7.14. The Morgan fingerprint density at radius 2 is 1.90 bits per heavy atom. The molecule has 1 N–H and O–H groups in total. The number of hydrogen-bond acceptors (Lipinski definition) is 5. The molecule has 0 spiro atoms. The van der Waals surface area contributed by atoms with Crippen LogP contribution in [0.2, 0.25) is 0 Å². The summed E-state index contributed by atoms with van der Waals surface area (Å²) in [6.45, 7) is 3.58. The number of benzene rings is 1. The first-order chi connectivity index (χ1) is 14.5. The predicted molar refractivity (Wildman–Crippen MR) is 111 cm³/mol. The molecule has 0 unspecified atom stereocenters. The van der Waals surface area contributed by atoms with Gasteiger partial charge >= 0.3 is 5.97 Å². The number of nitrogens with zero attached hydrogens (tertiary/aromatic N) is 2. The van der Waals surface area contributed by atoms with Crippen LogP contribution < -0.4 is 10.1 Å². The van der Waals surface area contributed by atoms with Gasteiger partial charge in [0.1, 0.15) is 24.5 Å². The van der Waals surface area contributed by atoms with Crippen LogP contribution in [-0.4, -0.2) is 29.4 Å². The Morgan fingerprint density at radius 3 is 2.60 bits per heavy atom. The van der Waals surface area contributed by atoms with Gasteiger partial charge in [-0.2, -0.15) is 5.26 Å². The van der Waals surface area contributed by atoms with Gasteiger partial charge in [-0.1, -0.05) is 32.0 Å². The monoisotopic (exact) mass is 405 g/mol. The topological polar surface area (TPSA) is 92.8 Å². The molecule has 0 fully saturated rings. The van der Waals surface area contributed by atoms with Crippen LogP contribution >= 0.6 is 0 Å². The number of nitriles is 1. The minimum absolute atomic E-state index is 0.0584. The number of carbonyl (C=O) groups is 2. The van der Waals surface area contributed by atoms with Gasteiger partial charge in [0.25, 0.3) is 5.91 Å². The Hall–Kier alpha value is -3.79. The van der Waals surface area contributed by atoms with Gasteiger partial charge in [0, 0.05) is 18.0 Å². The second-order valence-corrected chi connectivity index (χ2v) is 7.14. The SMILES string of the molecule is COc1ccccc1C(=O)N[C@H](C(=O)OCc1cn2ccccc2c1C#N)C(C)C. The summed E-state index contributed by atoms with van der Waals surface area (Å²) in [5, 5.41) is 12.2. The molecule has 2 heterocycles. The number of carbonyl (C=O) groups excluding carboxylic acids is 2. The third-order valence-corrected chi connectivity index (χ3v) is 4.80. The fraction of sp³-hybridized carbons (Fsp3) is 0.261. The summed E-state index contributed by atoms with van der Waals surface area (Å²) >= 11 is 0. The average Bonchev–Trinajstić information content (AvgIpc) is 3.12. The van der Waals surface area contributed by atoms with E-state index in [0.29, 0.717) is 22.4 Å². The molecule has 1 amide bonds. The number of pyridine rings is 1. The van der Waals surface area contributed by atoms with Gasteiger partial charge in [-0.15, -0.1) is 0 Å². The number of nitrogens with one attached hydrogen (secondary N) is 1. The standard InChI is InChI=1S/C23H23N3O4/c1-15(2)21(25-22(27)17-8-4-5-10-20(17)29-3)23(28)30-14-16-13-26-11-7-6-9-19(26)18(16)12-24/h4-11,13,15,21H,14H2,1-3H3,(H,25,27)/t21-/m0/s1. The molecule has 154 valence electrons. The van der Waals surface area contributed by atoms with Gasteiger partial charge in [-0.25, -0.2) is 4.79 Å². The van der Waals surface area contributed by atoms with E-state index in [1.54, 1.807) is 30.5 Å². The first kappa shape index (κ1) is 20.9. The summed E-state index contributed by atoms with van der Waals surface area (Å²) in [5.41, 5.74) is 2.15. The van der Waals surface area contributed by atoms with Crippen molar-refractivity contribution in [1.82, 2.24) is 9.72 Å². The summed E-state index contributed by atoms with van der Waals surface area (Å²) in [6, 6.07) is 13.6. The van der Waals surface area contributed by atoms with Crippen LogP contribution in [-0.2, 0) is 16.1 Å². The van der Waals surface area contributed by atoms with E-state index in [4.69, 9.17) is 9.47 Å². The summed E-state index contributed by atoms with van der Waals surface area (Å²) < 4.78 is 12.5. The maximum Gasteiger partial charge on any atom is 0.329 e. The number of rotatable bonds is 7. The molecule has 30 heavy (non-hydrogen) atoms. The van der Waals surface area contributed by atoms with Crippen LogP contribution in [0.3, 0.4) is 0 Å². The van der Waals surface area contributed by atoms with E-state index in [2.05, 4.69) is 11.4 Å². The Labute approximate surface area is 174 Å². The van der Waals surface area contributed by atoms with Crippen LogP contribution in [0.25, 0.3) is 5.52 Å². The number of methoxy groups -OCH3 is 1. The third kappa shape index (κ3) is 4.28. The average molecular weight is 405 g/mol. The fourth-order valence-electron chi connectivity index (χ4n) is 3.20. The third-order valence-electron chi connectivity index (χ3n) is 4.80. The lowest BCUT2D eigenvalue weighted by molar-refractivity contribution is -0.148. The molecule has 1 aromatic carbocycles. The highest BCUT2D eigenvalue weighted by atomic mass is 16.5. The van der Waals surface area contributed by atoms with Crippen molar-refractivity contribution in [2.24, 2.45) is 5.92 Å². The molecule has 3 rings (SSSR count). The molecule has 0 radical (unpaired) electrons. The van der Waals surface area contributed by atoms with E-state index in [1.807, 2.05) is 42.6 Å². The molecular weight excluding hydrogens is 382 g/mol. The largest absolute Gasteiger partial charge is 0.496 e. The van der Waals surface area contributed by atoms with Crippen molar-refractivity contribution in [2.75, 3.05) is 7.11 Å². The van der Waals surface area contributed by atoms with Crippen molar-refractivity contribution in [2.45, 2.75) is 26.5 Å². The smallest absolute Gasteiger partial charge is 0.329 e. The predicted octanol–water partition coefficient (Wildman–Crippen LogP) is 3.32. The lowest BCUT2D eigenvalue weighted by atomic mass is 10.0. The number of amides is 1. The lowest BCUT2D eigenvalue weighted by Gasteiger charge is -2.21. The molecule has 1 atom stereocenters. The Bertz CT molecular complexity index is 1110. The summed E-state index contributed by atoms with van der Waals surface area (Å²) in [6.07, 6.45) is 3.59. The first-order valence-corrected chi connectivity index (χ1v) is 9.55. The zero-order chi connectivity index (χ0) is 21.7. The van der Waals surface area contributed by atoms with Gasteiger partial charge in [-0.3, -0.25) is 4.79 Å². The molecule has 0 saturated heterocycles. The summed E-state index contributed by atoms with van der Waals surface area (Å²) in [5.74, 6) is -0.757. The van der Waals surface area contributed by atoms with Crippen molar-refractivity contribution in [3.05, 3.63) is 71.5 Å². The molecule has 0 aliphatic rings. The van der Waals surface area contributed by atoms with Gasteiger partial charge in [0.05, 0.1) is 23.8 Å². The van der Waals surface area contributed by atoms with Gasteiger partial charge in [-0.05, 0) is 30.2 Å². The van der Waals surface area contributed by atoms with Gasteiger partial charge < -0.3 is 19.2 Å². The molecule has 0 saturated carbocycles. The summed E-state index contributed by atoms with van der Waals surface area (Å²) in [7, 11) is 1.48. The highest BCUT2D eigenvalue weighted by molar-refractivity contribution is 5.99. The van der Waals surface area contributed by atoms with Crippen molar-refractivity contribution in [3.8, 4) is 11.8 Å². The van der Waals surface area contributed by atoms with Gasteiger partial charge in [0.15, 0.2) is 0 Å². The quantitative estimate of drug-likeness (QED) is 0.609. The number of hydrogen-bond donors (Lipinski definition) is 1. The maximum absolute atomic E-state index is 12.7. The number of para-hydroxylation sites is 1. The molecule has 7 nitrogen and oxygen atoms in total. The Morgan fingerprint density at radius 1 is 1.17 bits per heavy atom. The Kier molecular flexibility index (Phi) is 6.38. The van der Waals surface area contributed by atoms with Crippen LogP contribution in [0.15, 0.2) is 54.9 Å². The molecular formula is C23H23N3O4. The van der Waals surface area contributed by atoms with E-state index < -0.39 is 17.9 Å². The Balaban J connectivity index is 1.74. The van der Waals surface area contributed by atoms with Crippen molar-refractivity contribution in [1.29, 1.82) is 5.26 Å². The normalized spacial score (nSPS) is 11.7. The van der Waals surface area contributed by atoms with E-state index in [0.717, 1.165) is 5.52 Å². The highest BCUT2D eigenvalue weighted by Gasteiger charge is 2.27. The van der Waals surface area contributed by atoms with Crippen molar-refractivity contribution < 1.29 is 19.1 Å². The lowest BCUT2D eigenvalue weighted by Crippen LogP contribution is -2.45. The van der Waals surface area contributed by atoms with Crippen LogP contribution in [0.5, 0.6) is 5.75 Å². The zero-order valence-electron chi connectivity index (χ0n) is 17.1. The van der Waals surface area contributed by atoms with Crippen molar-refractivity contribution in [3.63, 3.8) is 0 Å². The van der Waals surface area contributed by atoms with Crippen LogP contribution in [0.4, 0.5) is 0 Å². The number of fused-ring (bicyclic) bond motifs is 1. The molecule has 2 aromatic heterocycles. The van der Waals surface area contributed by atoms with Crippen LogP contribution in [0.1, 0.15) is 35.3 Å². The van der Waals surface area contributed by atoms with Crippen LogP contribution in [0, 0.1) is 17.2 Å². The highest BCUT2D eigenvalue weighted by Crippen LogP contribution is 2.20. The molecule has 0 bridgehead atoms. The zero-order valence-corrected chi connectivity index (χ0v) is 17.1. The van der Waals surface area contributed by atoms with Crippen molar-refractivity contribution >= 4 is 17.4 Å². The van der Waals surface area contributed by atoms with E-state index >= 15 is 0 Å². The molecule has 3 aromatic rings. The maximum atomic E-state index is 12.7. The first-order valence-electron chi connectivity index (χ1n) is 9.55.